The van der Waals surface area contributed by atoms with E-state index in [1.807, 2.05) is 24.4 Å². The quantitative estimate of drug-likeness (QED) is 0.860. The lowest BCUT2D eigenvalue weighted by molar-refractivity contribution is 0.694. The molecule has 0 radical (unpaired) electrons. The van der Waals surface area contributed by atoms with Crippen LogP contribution in [0.2, 0.25) is 0 Å². The summed E-state index contributed by atoms with van der Waals surface area (Å²) in [4.78, 5) is 4.47. The maximum absolute atomic E-state index is 6.02. The van der Waals surface area contributed by atoms with Crippen LogP contribution in [0.25, 0.3) is 0 Å². The predicted molar refractivity (Wildman–Crippen MR) is 80.0 cm³/mol. The van der Waals surface area contributed by atoms with Gasteiger partial charge in [-0.1, -0.05) is 37.3 Å². The molecule has 19 heavy (non-hydrogen) atoms. The van der Waals surface area contributed by atoms with Crippen molar-refractivity contribution in [3.63, 3.8) is 0 Å². The Hall–Kier alpha value is -1.87. The van der Waals surface area contributed by atoms with Gasteiger partial charge >= 0.3 is 0 Å². The number of hydrogen-bond donors (Lipinski definition) is 2. The molecule has 0 spiro atoms. The standard InChI is InChI=1S/C16H21N3/c1-3-15(17)14-9-12(2)16(19-11-14)18-10-13-7-5-4-6-8-13/h4-9,11,15H,3,10,17H2,1-2H3,(H,18,19)/t15-/m1/s1. The van der Waals surface area contributed by atoms with Gasteiger partial charge in [-0.3, -0.25) is 0 Å². The molecule has 0 aliphatic rings. The zero-order chi connectivity index (χ0) is 13.7. The minimum Gasteiger partial charge on any atom is -0.366 e. The summed E-state index contributed by atoms with van der Waals surface area (Å²) < 4.78 is 0. The summed E-state index contributed by atoms with van der Waals surface area (Å²) in [6.45, 7) is 4.93. The first kappa shape index (κ1) is 13.6. The molecule has 0 saturated carbocycles. The number of nitrogens with one attached hydrogen (secondary N) is 1. The van der Waals surface area contributed by atoms with Gasteiger partial charge in [0, 0.05) is 18.8 Å². The lowest BCUT2D eigenvalue weighted by Gasteiger charge is -2.13. The first-order chi connectivity index (χ1) is 9.20. The third kappa shape index (κ3) is 3.55. The Morgan fingerprint density at radius 1 is 1.26 bits per heavy atom. The monoisotopic (exact) mass is 255 g/mol. The first-order valence-electron chi connectivity index (χ1n) is 6.70. The molecule has 0 fully saturated rings. The van der Waals surface area contributed by atoms with Crippen molar-refractivity contribution < 1.29 is 0 Å². The number of nitrogens with two attached hydrogens (primary N) is 1. The minimum atomic E-state index is 0.0781. The summed E-state index contributed by atoms with van der Waals surface area (Å²) in [5.74, 6) is 0.927. The molecule has 2 rings (SSSR count). The smallest absolute Gasteiger partial charge is 0.129 e. The number of nitrogens with zero attached hydrogens (tertiary/aromatic N) is 1. The van der Waals surface area contributed by atoms with E-state index in [2.05, 4.69) is 42.3 Å². The molecule has 2 aromatic rings. The van der Waals surface area contributed by atoms with Crippen LogP contribution in [0.15, 0.2) is 42.6 Å². The number of aryl methyl sites for hydroxylation is 1. The van der Waals surface area contributed by atoms with Crippen molar-refractivity contribution in [2.75, 3.05) is 5.32 Å². The van der Waals surface area contributed by atoms with E-state index in [0.29, 0.717) is 0 Å². The van der Waals surface area contributed by atoms with Crippen LogP contribution in [0.5, 0.6) is 0 Å². The van der Waals surface area contributed by atoms with E-state index in [-0.39, 0.29) is 6.04 Å². The SMILES string of the molecule is CC[C@@H](N)c1cnc(NCc2ccccc2)c(C)c1. The van der Waals surface area contributed by atoms with Crippen LogP contribution in [0.1, 0.15) is 36.1 Å². The van der Waals surface area contributed by atoms with Crippen molar-refractivity contribution in [3.05, 3.63) is 59.3 Å². The van der Waals surface area contributed by atoms with Gasteiger partial charge in [-0.2, -0.15) is 0 Å². The summed E-state index contributed by atoms with van der Waals surface area (Å²) in [5, 5.41) is 3.36. The molecule has 0 aliphatic carbocycles. The van der Waals surface area contributed by atoms with E-state index >= 15 is 0 Å². The Labute approximate surface area is 114 Å². The molecule has 3 heteroatoms. The largest absolute Gasteiger partial charge is 0.366 e. The number of anilines is 1. The average Bonchev–Trinajstić information content (AvgIpc) is 2.46. The maximum Gasteiger partial charge on any atom is 0.129 e. The van der Waals surface area contributed by atoms with E-state index < -0.39 is 0 Å². The summed E-state index contributed by atoms with van der Waals surface area (Å²) >= 11 is 0. The molecule has 1 aromatic heterocycles. The first-order valence-corrected chi connectivity index (χ1v) is 6.70. The Morgan fingerprint density at radius 3 is 2.63 bits per heavy atom. The van der Waals surface area contributed by atoms with Crippen molar-refractivity contribution in [2.24, 2.45) is 5.73 Å². The fourth-order valence-corrected chi connectivity index (χ4v) is 2.00. The van der Waals surface area contributed by atoms with Gasteiger partial charge in [-0.25, -0.2) is 4.98 Å². The van der Waals surface area contributed by atoms with Gasteiger partial charge in [0.05, 0.1) is 0 Å². The molecule has 0 unspecified atom stereocenters. The second-order valence-electron chi connectivity index (χ2n) is 4.79. The van der Waals surface area contributed by atoms with E-state index in [9.17, 15) is 0 Å². The Morgan fingerprint density at radius 2 is 2.00 bits per heavy atom. The number of aromatic nitrogens is 1. The average molecular weight is 255 g/mol. The topological polar surface area (TPSA) is 50.9 Å². The molecule has 0 bridgehead atoms. The zero-order valence-corrected chi connectivity index (χ0v) is 11.6. The van der Waals surface area contributed by atoms with Crippen molar-refractivity contribution in [3.8, 4) is 0 Å². The van der Waals surface area contributed by atoms with E-state index in [4.69, 9.17) is 5.73 Å². The zero-order valence-electron chi connectivity index (χ0n) is 11.6. The van der Waals surface area contributed by atoms with Crippen LogP contribution in [-0.2, 0) is 6.54 Å². The van der Waals surface area contributed by atoms with Crippen LogP contribution >= 0.6 is 0 Å². The maximum atomic E-state index is 6.02. The molecule has 0 aliphatic heterocycles. The fourth-order valence-electron chi connectivity index (χ4n) is 2.00. The van der Waals surface area contributed by atoms with Crippen molar-refractivity contribution >= 4 is 5.82 Å². The van der Waals surface area contributed by atoms with Gasteiger partial charge in [-0.05, 0) is 36.1 Å². The van der Waals surface area contributed by atoms with E-state index in [0.717, 1.165) is 29.9 Å². The molecule has 1 heterocycles. The van der Waals surface area contributed by atoms with Gasteiger partial charge in [0.2, 0.25) is 0 Å². The fraction of sp³-hybridized carbons (Fsp3) is 0.312. The molecule has 1 atom stereocenters. The molecule has 3 nitrogen and oxygen atoms in total. The molecule has 3 N–H and O–H groups in total. The summed E-state index contributed by atoms with van der Waals surface area (Å²) in [5.41, 5.74) is 9.50. The molecule has 1 aromatic carbocycles. The number of pyridine rings is 1. The summed E-state index contributed by atoms with van der Waals surface area (Å²) in [6.07, 6.45) is 2.80. The van der Waals surface area contributed by atoms with E-state index in [1.165, 1.54) is 5.56 Å². The van der Waals surface area contributed by atoms with Crippen LogP contribution in [-0.4, -0.2) is 4.98 Å². The normalized spacial score (nSPS) is 12.2. The third-order valence-corrected chi connectivity index (χ3v) is 3.27. The Bertz CT molecular complexity index is 523. The highest BCUT2D eigenvalue weighted by atomic mass is 15.0. The van der Waals surface area contributed by atoms with Gasteiger partial charge in [-0.15, -0.1) is 0 Å². The highest BCUT2D eigenvalue weighted by Crippen LogP contribution is 2.19. The lowest BCUT2D eigenvalue weighted by Crippen LogP contribution is -2.10. The molecular weight excluding hydrogens is 234 g/mol. The third-order valence-electron chi connectivity index (χ3n) is 3.27. The number of hydrogen-bond acceptors (Lipinski definition) is 3. The summed E-state index contributed by atoms with van der Waals surface area (Å²) in [6, 6.07) is 12.5. The van der Waals surface area contributed by atoms with Crippen LogP contribution in [0, 0.1) is 6.92 Å². The van der Waals surface area contributed by atoms with Gasteiger partial charge in [0.25, 0.3) is 0 Å². The van der Waals surface area contributed by atoms with Crippen molar-refractivity contribution in [2.45, 2.75) is 32.9 Å². The van der Waals surface area contributed by atoms with Crippen molar-refractivity contribution in [1.82, 2.24) is 4.98 Å². The number of benzene rings is 1. The highest BCUT2D eigenvalue weighted by molar-refractivity contribution is 5.45. The Kier molecular flexibility index (Phi) is 4.53. The van der Waals surface area contributed by atoms with Gasteiger partial charge in [0.15, 0.2) is 0 Å². The van der Waals surface area contributed by atoms with E-state index in [1.54, 1.807) is 0 Å². The molecule has 100 valence electrons. The highest BCUT2D eigenvalue weighted by Gasteiger charge is 2.06. The molecular formula is C16H21N3. The Balaban J connectivity index is 2.05. The van der Waals surface area contributed by atoms with Crippen molar-refractivity contribution in [1.29, 1.82) is 0 Å². The van der Waals surface area contributed by atoms with Crippen LogP contribution in [0.4, 0.5) is 5.82 Å². The van der Waals surface area contributed by atoms with Gasteiger partial charge < -0.3 is 11.1 Å². The summed E-state index contributed by atoms with van der Waals surface area (Å²) in [7, 11) is 0. The van der Waals surface area contributed by atoms with Gasteiger partial charge in [0.1, 0.15) is 5.82 Å². The second-order valence-corrected chi connectivity index (χ2v) is 4.79. The van der Waals surface area contributed by atoms with Crippen LogP contribution in [0.3, 0.4) is 0 Å². The second kappa shape index (κ2) is 6.34. The molecule has 0 saturated heterocycles. The predicted octanol–water partition coefficient (Wildman–Crippen LogP) is 3.41. The van der Waals surface area contributed by atoms with Crippen LogP contribution < -0.4 is 11.1 Å². The molecule has 0 amide bonds. The lowest BCUT2D eigenvalue weighted by atomic mass is 10.1. The number of rotatable bonds is 5. The minimum absolute atomic E-state index is 0.0781.